The van der Waals surface area contributed by atoms with Gasteiger partial charge >= 0.3 is 0 Å². The van der Waals surface area contributed by atoms with Crippen LogP contribution >= 0.6 is 0 Å². The van der Waals surface area contributed by atoms with Crippen molar-refractivity contribution in [1.82, 2.24) is 0 Å². The summed E-state index contributed by atoms with van der Waals surface area (Å²) in [7, 11) is 0. The van der Waals surface area contributed by atoms with E-state index < -0.39 is 6.29 Å². The predicted octanol–water partition coefficient (Wildman–Crippen LogP) is 11.2. The smallest absolute Gasteiger partial charge is 0.207 e. The summed E-state index contributed by atoms with van der Waals surface area (Å²) in [5.74, 6) is 3.53. The van der Waals surface area contributed by atoms with Crippen LogP contribution in [0.1, 0.15) is 63.5 Å². The number of nitrogens with one attached hydrogen (secondary N) is 1. The highest BCUT2D eigenvalue weighted by Gasteiger charge is 2.30. The van der Waals surface area contributed by atoms with Gasteiger partial charge in [0.25, 0.3) is 0 Å². The lowest BCUT2D eigenvalue weighted by molar-refractivity contribution is -0.104. The summed E-state index contributed by atoms with van der Waals surface area (Å²) >= 11 is 0. The molecule has 1 aliphatic heterocycles. The lowest BCUT2D eigenvalue weighted by Gasteiger charge is -2.33. The molecule has 248 valence electrons. The molecule has 1 heterocycles. The van der Waals surface area contributed by atoms with E-state index in [-0.39, 0.29) is 5.92 Å². The Morgan fingerprint density at radius 1 is 0.667 bits per heavy atom. The van der Waals surface area contributed by atoms with Gasteiger partial charge in [-0.1, -0.05) is 137 Å². The first-order chi connectivity index (χ1) is 23.5. The second kappa shape index (κ2) is 16.0. The maximum absolute atomic E-state index is 6.72. The average molecular weight is 640 g/mol. The lowest BCUT2D eigenvalue weighted by Crippen LogP contribution is -2.34. The topological polar surface area (TPSA) is 39.7 Å². The van der Waals surface area contributed by atoms with Crippen molar-refractivity contribution in [3.63, 3.8) is 0 Å². The third-order valence-electron chi connectivity index (χ3n) is 9.35. The Labute approximate surface area is 287 Å². The molecule has 0 spiro atoms. The second-order valence-electron chi connectivity index (χ2n) is 13.6. The molecule has 0 amide bonds. The van der Waals surface area contributed by atoms with Crippen molar-refractivity contribution in [1.29, 1.82) is 0 Å². The molecule has 0 saturated heterocycles. The molecule has 6 rings (SSSR count). The maximum Gasteiger partial charge on any atom is 0.207 e. The van der Waals surface area contributed by atoms with Crippen LogP contribution in [0.25, 0.3) is 22.3 Å². The van der Waals surface area contributed by atoms with Crippen LogP contribution in [-0.4, -0.2) is 26.0 Å². The average Bonchev–Trinajstić information content (AvgIpc) is 3.12. The zero-order chi connectivity index (χ0) is 33.3. The zero-order valence-electron chi connectivity index (χ0n) is 28.8. The van der Waals surface area contributed by atoms with Crippen molar-refractivity contribution in [3.8, 4) is 33.8 Å². The number of para-hydroxylation sites is 2. The van der Waals surface area contributed by atoms with Gasteiger partial charge in [-0.2, -0.15) is 0 Å². The van der Waals surface area contributed by atoms with Gasteiger partial charge in [0.15, 0.2) is 0 Å². The first-order valence-corrected chi connectivity index (χ1v) is 17.6. The predicted molar refractivity (Wildman–Crippen MR) is 199 cm³/mol. The number of hydrogen-bond acceptors (Lipinski definition) is 4. The minimum atomic E-state index is -0.461. The van der Waals surface area contributed by atoms with E-state index in [9.17, 15) is 0 Å². The molecule has 0 saturated carbocycles. The van der Waals surface area contributed by atoms with Crippen LogP contribution in [0.5, 0.6) is 11.5 Å². The van der Waals surface area contributed by atoms with Gasteiger partial charge in [0.2, 0.25) is 6.29 Å². The van der Waals surface area contributed by atoms with Gasteiger partial charge in [-0.3, -0.25) is 0 Å². The Kier molecular flexibility index (Phi) is 11.1. The second-order valence-corrected chi connectivity index (χ2v) is 13.6. The molecule has 0 fully saturated rings. The van der Waals surface area contributed by atoms with Crippen LogP contribution in [0, 0.1) is 11.8 Å². The Morgan fingerprint density at radius 2 is 1.29 bits per heavy atom. The highest BCUT2D eigenvalue weighted by molar-refractivity contribution is 5.82. The molecule has 3 atom stereocenters. The molecule has 4 nitrogen and oxygen atoms in total. The maximum atomic E-state index is 6.72. The fraction of sp³-hybridized carbons (Fsp3) is 0.318. The van der Waals surface area contributed by atoms with Gasteiger partial charge in [0.05, 0.1) is 12.5 Å². The van der Waals surface area contributed by atoms with Gasteiger partial charge in [0.1, 0.15) is 18.1 Å². The zero-order valence-corrected chi connectivity index (χ0v) is 28.8. The van der Waals surface area contributed by atoms with Crippen LogP contribution in [0.2, 0.25) is 0 Å². The number of hydrogen-bond donors (Lipinski definition) is 1. The molecule has 1 aliphatic rings. The molecular formula is C44H49NO3. The number of fused-ring (bicyclic) bond motifs is 1. The summed E-state index contributed by atoms with van der Waals surface area (Å²) in [6, 6.07) is 44.4. The van der Waals surface area contributed by atoms with Crippen molar-refractivity contribution < 1.29 is 14.2 Å². The van der Waals surface area contributed by atoms with Crippen LogP contribution in [-0.2, 0) is 4.74 Å². The SMILES string of the molecule is CC(C)CC(c1ccc(OC(OCCOc2c(-c3ccccc3)cccc2-c2ccccc2)C2CCNc3ccccc32)cc1)C(C)C. The molecule has 0 radical (unpaired) electrons. The van der Waals surface area contributed by atoms with E-state index in [2.05, 4.69) is 148 Å². The van der Waals surface area contributed by atoms with E-state index in [0.29, 0.717) is 31.0 Å². The quantitative estimate of drug-likeness (QED) is 0.0969. The van der Waals surface area contributed by atoms with E-state index in [4.69, 9.17) is 14.2 Å². The van der Waals surface area contributed by atoms with Crippen LogP contribution in [0.15, 0.2) is 127 Å². The van der Waals surface area contributed by atoms with Crippen LogP contribution in [0.4, 0.5) is 5.69 Å². The summed E-state index contributed by atoms with van der Waals surface area (Å²) in [6.07, 6.45) is 1.63. The summed E-state index contributed by atoms with van der Waals surface area (Å²) in [5, 5.41) is 3.55. The van der Waals surface area contributed by atoms with Crippen molar-refractivity contribution in [2.45, 2.75) is 58.7 Å². The number of benzene rings is 5. The number of rotatable bonds is 14. The van der Waals surface area contributed by atoms with Crippen LogP contribution in [0.3, 0.4) is 0 Å². The van der Waals surface area contributed by atoms with E-state index in [1.54, 1.807) is 0 Å². The molecule has 4 heteroatoms. The van der Waals surface area contributed by atoms with Gasteiger partial charge in [-0.15, -0.1) is 0 Å². The first-order valence-electron chi connectivity index (χ1n) is 17.6. The van der Waals surface area contributed by atoms with Gasteiger partial charge < -0.3 is 19.5 Å². The largest absolute Gasteiger partial charge is 0.490 e. The van der Waals surface area contributed by atoms with Crippen molar-refractivity contribution in [2.24, 2.45) is 11.8 Å². The Morgan fingerprint density at radius 3 is 1.92 bits per heavy atom. The van der Waals surface area contributed by atoms with E-state index in [1.165, 1.54) is 17.5 Å². The molecule has 5 aromatic carbocycles. The minimum absolute atomic E-state index is 0.0861. The molecule has 5 aromatic rings. The molecular weight excluding hydrogens is 590 g/mol. The van der Waals surface area contributed by atoms with E-state index in [0.717, 1.165) is 52.4 Å². The third-order valence-corrected chi connectivity index (χ3v) is 9.35. The fourth-order valence-corrected chi connectivity index (χ4v) is 6.93. The standard InChI is InChI=1S/C44H49NO3/c1-31(2)30-41(32(3)4)35-22-24-36(25-23-35)48-44(40-26-27-45-42-21-12-11-18-39(40)42)47-29-28-46-43-37(33-14-7-5-8-15-33)19-13-20-38(43)34-16-9-6-10-17-34/h5-25,31-32,40-41,44-45H,26-30H2,1-4H3. The number of anilines is 1. The molecule has 3 unspecified atom stereocenters. The summed E-state index contributed by atoms with van der Waals surface area (Å²) < 4.78 is 20.0. The first kappa shape index (κ1) is 33.4. The van der Waals surface area contributed by atoms with Gasteiger partial charge in [0, 0.05) is 23.4 Å². The van der Waals surface area contributed by atoms with Crippen molar-refractivity contribution >= 4 is 5.69 Å². The normalized spacial score (nSPS) is 15.4. The highest BCUT2D eigenvalue weighted by atomic mass is 16.7. The Balaban J connectivity index is 1.23. The van der Waals surface area contributed by atoms with Gasteiger partial charge in [-0.05, 0) is 71.0 Å². The van der Waals surface area contributed by atoms with E-state index in [1.807, 2.05) is 12.1 Å². The van der Waals surface area contributed by atoms with E-state index >= 15 is 0 Å². The Hall–Kier alpha value is -4.54. The van der Waals surface area contributed by atoms with Crippen molar-refractivity contribution in [3.05, 3.63) is 139 Å². The molecule has 0 aromatic heterocycles. The van der Waals surface area contributed by atoms with Crippen molar-refractivity contribution in [2.75, 3.05) is 25.1 Å². The summed E-state index contributed by atoms with van der Waals surface area (Å²) in [5.41, 5.74) is 8.11. The monoisotopic (exact) mass is 639 g/mol. The molecule has 0 aliphatic carbocycles. The Bertz CT molecular complexity index is 1660. The fourth-order valence-electron chi connectivity index (χ4n) is 6.93. The highest BCUT2D eigenvalue weighted by Crippen LogP contribution is 2.40. The molecule has 48 heavy (non-hydrogen) atoms. The summed E-state index contributed by atoms with van der Waals surface area (Å²) in [6.45, 7) is 10.9. The summed E-state index contributed by atoms with van der Waals surface area (Å²) in [4.78, 5) is 0. The molecule has 1 N–H and O–H groups in total. The van der Waals surface area contributed by atoms with Crippen LogP contribution < -0.4 is 14.8 Å². The molecule has 0 bridgehead atoms. The lowest BCUT2D eigenvalue weighted by atomic mass is 9.82. The minimum Gasteiger partial charge on any atom is -0.490 e. The number of ether oxygens (including phenoxy) is 3. The third kappa shape index (κ3) is 8.11. The van der Waals surface area contributed by atoms with Gasteiger partial charge in [-0.25, -0.2) is 0 Å².